The van der Waals surface area contributed by atoms with E-state index in [0.29, 0.717) is 22.5 Å². The number of ether oxygens (including phenoxy) is 1. The van der Waals surface area contributed by atoms with Crippen LogP contribution in [0.25, 0.3) is 44.3 Å². The molecule has 9 aromatic rings. The van der Waals surface area contributed by atoms with Gasteiger partial charge in [-0.25, -0.2) is 4.98 Å². The molecule has 59 heavy (non-hydrogen) atoms. The van der Waals surface area contributed by atoms with E-state index in [1.165, 1.54) is 32.7 Å². The summed E-state index contributed by atoms with van der Waals surface area (Å²) in [4.78, 5) is 14.4. The third kappa shape index (κ3) is 6.18. The zero-order valence-corrected chi connectivity index (χ0v) is 35.9. The van der Waals surface area contributed by atoms with Crippen LogP contribution in [0, 0.1) is 18.5 Å². The molecule has 6 heterocycles. The number of hydrogen-bond acceptors (Lipinski definition) is 5. The molecule has 0 aliphatic carbocycles. The molecule has 0 N–H and O–H groups in total. The zero-order valence-electron chi connectivity index (χ0n) is 35.6. The first-order valence-corrected chi connectivity index (χ1v) is 22.9. The molecule has 0 spiro atoms. The number of nitrogens with zero attached hydrogens (tertiary/aromatic N) is 7. The fourth-order valence-electron chi connectivity index (χ4n) is 9.03. The minimum absolute atomic E-state index is 0. The quantitative estimate of drug-likeness (QED) is 0.0947. The molecule has 11 rings (SSSR count). The third-order valence-corrected chi connectivity index (χ3v) is 15.4. The van der Waals surface area contributed by atoms with Crippen molar-refractivity contribution < 1.29 is 34.5 Å². The Balaban J connectivity index is 0.00000458. The minimum Gasteiger partial charge on any atom is -0.485 e. The molecular formula is C49H41N7OPtSi-2. The third-order valence-electron chi connectivity index (χ3n) is 11.9. The first-order valence-electron chi connectivity index (χ1n) is 21.4. The van der Waals surface area contributed by atoms with Crippen molar-refractivity contribution in [3.63, 3.8) is 0 Å². The van der Waals surface area contributed by atoms with Gasteiger partial charge in [-0.1, -0.05) is 84.8 Å². The van der Waals surface area contributed by atoms with E-state index in [4.69, 9.17) is 18.8 Å². The summed E-state index contributed by atoms with van der Waals surface area (Å²) in [5.41, 5.74) is 8.03. The van der Waals surface area contributed by atoms with Crippen LogP contribution in [0.2, 0.25) is 13.1 Å². The molecule has 0 bridgehead atoms. The van der Waals surface area contributed by atoms with Gasteiger partial charge in [0, 0.05) is 74.7 Å². The topological polar surface area (TPSA) is 55.2 Å². The van der Waals surface area contributed by atoms with Crippen LogP contribution in [0.3, 0.4) is 0 Å². The first-order chi connectivity index (χ1) is 29.6. The van der Waals surface area contributed by atoms with Crippen molar-refractivity contribution in [2.75, 3.05) is 22.9 Å². The molecule has 1 fully saturated rings. The average Bonchev–Trinajstić information content (AvgIpc) is 3.83. The van der Waals surface area contributed by atoms with Crippen LogP contribution in [-0.2, 0) is 28.0 Å². The molecule has 8 nitrogen and oxygen atoms in total. The Kier molecular flexibility index (Phi) is 8.42. The van der Waals surface area contributed by atoms with Gasteiger partial charge in [-0.3, -0.25) is 4.98 Å². The molecule has 0 atom stereocenters. The Morgan fingerprint density at radius 1 is 0.729 bits per heavy atom. The van der Waals surface area contributed by atoms with Crippen LogP contribution < -0.4 is 29.5 Å². The fraction of sp³-hybridized carbons (Fsp3) is 0.163. The number of pyridine rings is 2. The number of rotatable bonds is 6. The Hall–Kier alpha value is -6.02. The van der Waals surface area contributed by atoms with Gasteiger partial charge in [0.25, 0.3) is 0 Å². The van der Waals surface area contributed by atoms with Gasteiger partial charge in [0.15, 0.2) is 0 Å². The molecule has 4 aromatic heterocycles. The van der Waals surface area contributed by atoms with Gasteiger partial charge in [0.2, 0.25) is 6.33 Å². The molecular weight excluding hydrogens is 926 g/mol. The van der Waals surface area contributed by atoms with E-state index in [2.05, 4.69) is 125 Å². The molecule has 0 amide bonds. The average molecular weight is 970 g/mol. The van der Waals surface area contributed by atoms with Crippen molar-refractivity contribution >= 4 is 74.0 Å². The van der Waals surface area contributed by atoms with Gasteiger partial charge >= 0.3 is 0 Å². The summed E-state index contributed by atoms with van der Waals surface area (Å²) in [7, 11) is -1.95. The molecule has 0 radical (unpaired) electrons. The van der Waals surface area contributed by atoms with Crippen LogP contribution in [0.1, 0.15) is 23.4 Å². The second kappa shape index (κ2) is 14.7. The number of imidazole rings is 1. The Bertz CT molecular complexity index is 3130. The van der Waals surface area contributed by atoms with Gasteiger partial charge < -0.3 is 28.2 Å². The monoisotopic (exact) mass is 969 g/mol. The smallest absolute Gasteiger partial charge is 0.242 e. The van der Waals surface area contributed by atoms with Crippen LogP contribution in [0.15, 0.2) is 134 Å². The van der Waals surface area contributed by atoms with Gasteiger partial charge in [-0.15, -0.1) is 23.0 Å². The van der Waals surface area contributed by atoms with Crippen LogP contribution in [0.4, 0.5) is 22.7 Å². The summed E-state index contributed by atoms with van der Waals surface area (Å²) in [5.74, 6) is 1.40. The number of fused-ring (bicyclic) bond motifs is 6. The summed E-state index contributed by atoms with van der Waals surface area (Å²) in [5, 5.41) is 4.73. The predicted octanol–water partition coefficient (Wildman–Crippen LogP) is 9.13. The SMILES string of the molecule is [2H]C([2H])([2H])[n+]1[c-]n(-c2[c-]c(Oc3[c-]c4c(cn3)c3ccccc3n4-c3cc(N4c5ccccc5[Si](C)(C)c5ccccc54)ccn3)ccc2)c2ccc(N3CCCCC3)cc21.[Pt]. The van der Waals surface area contributed by atoms with Gasteiger partial charge in [0.05, 0.1) is 27.8 Å². The van der Waals surface area contributed by atoms with Crippen molar-refractivity contribution in [1.82, 2.24) is 19.1 Å². The van der Waals surface area contributed by atoms with Crippen molar-refractivity contribution in [2.45, 2.75) is 32.4 Å². The second-order valence-corrected chi connectivity index (χ2v) is 20.0. The number of piperidine rings is 1. The largest absolute Gasteiger partial charge is 0.485 e. The number of hydrogen-bond donors (Lipinski definition) is 0. The molecule has 2 aliphatic heterocycles. The standard InChI is InChI=1S/C49H41N7OSi.Pt/c1-52-33-54(41-23-22-34(29-45(41)52)53-26-11-4-12-27-53)35-14-13-15-37(28-35)57-49-31-44-39(32-51-49)38-16-5-6-17-40(38)56(44)48-30-36(24-25-50-48)55-42-18-7-9-20-46(42)58(2,3)47-21-10-8-19-43(47)55;/h5-10,13-25,29-30,32H,4,11-12,26-27H2,1-3H3;/q-2;/i1D3;. The van der Waals surface area contributed by atoms with Gasteiger partial charge in [0.1, 0.15) is 19.8 Å². The van der Waals surface area contributed by atoms with Crippen LogP contribution in [-0.4, -0.2) is 40.3 Å². The Labute approximate surface area is 363 Å². The number of anilines is 4. The number of aryl methyl sites for hydroxylation is 1. The van der Waals surface area contributed by atoms with Crippen molar-refractivity contribution in [1.29, 1.82) is 0 Å². The molecule has 0 unspecified atom stereocenters. The maximum atomic E-state index is 8.34. The van der Waals surface area contributed by atoms with E-state index < -0.39 is 15.0 Å². The van der Waals surface area contributed by atoms with Gasteiger partial charge in [-0.05, 0) is 72.2 Å². The Morgan fingerprint density at radius 2 is 1.49 bits per heavy atom. The minimum atomic E-state index is -2.43. The molecule has 2 aliphatic rings. The summed E-state index contributed by atoms with van der Waals surface area (Å²) in [6.45, 7) is 4.34. The molecule has 1 saturated heterocycles. The molecule has 0 saturated carbocycles. The van der Waals surface area contributed by atoms with Crippen molar-refractivity contribution in [3.05, 3.63) is 152 Å². The van der Waals surface area contributed by atoms with Gasteiger partial charge in [-0.2, -0.15) is 18.2 Å². The summed E-state index contributed by atoms with van der Waals surface area (Å²) >= 11 is 0. The van der Waals surface area contributed by atoms with Crippen LogP contribution >= 0.6 is 0 Å². The van der Waals surface area contributed by atoms with Crippen molar-refractivity contribution in [2.24, 2.45) is 6.98 Å². The predicted molar refractivity (Wildman–Crippen MR) is 235 cm³/mol. The van der Waals surface area contributed by atoms with E-state index >= 15 is 0 Å². The van der Waals surface area contributed by atoms with E-state index in [9.17, 15) is 0 Å². The fourth-order valence-corrected chi connectivity index (χ4v) is 12.0. The summed E-state index contributed by atoms with van der Waals surface area (Å²) in [6.07, 6.45) is 10.3. The number of aromatic nitrogens is 5. The van der Waals surface area contributed by atoms with E-state index in [-0.39, 0.29) is 26.9 Å². The van der Waals surface area contributed by atoms with E-state index in [1.54, 1.807) is 10.6 Å². The van der Waals surface area contributed by atoms with Crippen LogP contribution in [0.5, 0.6) is 11.6 Å². The molecule has 294 valence electrons. The maximum absolute atomic E-state index is 8.34. The van der Waals surface area contributed by atoms with E-state index in [1.807, 2.05) is 48.8 Å². The second-order valence-electron chi connectivity index (χ2n) is 15.7. The van der Waals surface area contributed by atoms with E-state index in [0.717, 1.165) is 64.9 Å². The molecule has 5 aromatic carbocycles. The summed E-state index contributed by atoms with van der Waals surface area (Å²) in [6, 6.07) is 48.4. The zero-order chi connectivity index (χ0) is 41.5. The summed E-state index contributed by atoms with van der Waals surface area (Å²) < 4.78 is 36.5. The number of para-hydroxylation sites is 3. The van der Waals surface area contributed by atoms with Crippen molar-refractivity contribution in [3.8, 4) is 23.1 Å². The number of benzene rings is 5. The first kappa shape index (κ1) is 33.9. The maximum Gasteiger partial charge on any atom is 0.242 e. The molecule has 10 heteroatoms. The normalized spacial score (nSPS) is 15.6. The Morgan fingerprint density at radius 3 is 2.29 bits per heavy atom.